The first-order valence-electron chi connectivity index (χ1n) is 8.71. The molecule has 0 aliphatic carbocycles. The molecule has 28 heavy (non-hydrogen) atoms. The molecule has 2 aromatic carbocycles. The van der Waals surface area contributed by atoms with Gasteiger partial charge in [-0.1, -0.05) is 0 Å². The number of rotatable bonds is 3. The van der Waals surface area contributed by atoms with Gasteiger partial charge in [-0.25, -0.2) is 4.98 Å². The third-order valence-corrected chi connectivity index (χ3v) is 5.07. The molecule has 3 heterocycles. The van der Waals surface area contributed by atoms with Gasteiger partial charge in [-0.05, 0) is 30.3 Å². The summed E-state index contributed by atoms with van der Waals surface area (Å²) in [6.07, 6.45) is 1.75. The molecule has 0 spiro atoms. The molecule has 5 aromatic rings. The van der Waals surface area contributed by atoms with E-state index >= 15 is 0 Å². The molecular weight excluding hydrogens is 358 g/mol. The van der Waals surface area contributed by atoms with Crippen LogP contribution in [-0.2, 0) is 0 Å². The van der Waals surface area contributed by atoms with Gasteiger partial charge in [0.15, 0.2) is 17.1 Å². The van der Waals surface area contributed by atoms with Gasteiger partial charge in [0.25, 0.3) is 5.56 Å². The van der Waals surface area contributed by atoms with Gasteiger partial charge in [0.1, 0.15) is 5.75 Å². The second-order valence-corrected chi connectivity index (χ2v) is 6.48. The van der Waals surface area contributed by atoms with Crippen LogP contribution in [0.4, 0.5) is 0 Å². The zero-order valence-corrected chi connectivity index (χ0v) is 15.6. The lowest BCUT2D eigenvalue weighted by molar-refractivity contribution is 0.355. The van der Waals surface area contributed by atoms with Crippen molar-refractivity contribution in [3.05, 3.63) is 52.9 Å². The van der Waals surface area contributed by atoms with Crippen molar-refractivity contribution in [1.82, 2.24) is 14.4 Å². The van der Waals surface area contributed by atoms with Crippen molar-refractivity contribution >= 4 is 38.4 Å². The second kappa shape index (κ2) is 5.88. The molecule has 0 atom stereocenters. The van der Waals surface area contributed by atoms with E-state index in [2.05, 4.69) is 4.98 Å². The number of benzene rings is 2. The zero-order chi connectivity index (χ0) is 19.4. The maximum absolute atomic E-state index is 13.1. The number of methoxy groups -OCH3 is 3. The summed E-state index contributed by atoms with van der Waals surface area (Å²) in [4.78, 5) is 21.2. The van der Waals surface area contributed by atoms with Crippen molar-refractivity contribution < 1.29 is 14.2 Å². The lowest BCUT2D eigenvalue weighted by Gasteiger charge is -2.10. The number of nitrogens with zero attached hydrogens (tertiary/aromatic N) is 2. The van der Waals surface area contributed by atoms with E-state index in [1.54, 1.807) is 36.9 Å². The zero-order valence-electron chi connectivity index (χ0n) is 15.6. The summed E-state index contributed by atoms with van der Waals surface area (Å²) in [7, 11) is 4.74. The van der Waals surface area contributed by atoms with Crippen molar-refractivity contribution in [3.8, 4) is 17.2 Å². The summed E-state index contributed by atoms with van der Waals surface area (Å²) in [6.45, 7) is 0. The quantitative estimate of drug-likeness (QED) is 0.488. The van der Waals surface area contributed by atoms with Gasteiger partial charge in [-0.2, -0.15) is 0 Å². The van der Waals surface area contributed by atoms with Crippen molar-refractivity contribution in [3.63, 3.8) is 0 Å². The highest BCUT2D eigenvalue weighted by atomic mass is 16.5. The van der Waals surface area contributed by atoms with Gasteiger partial charge >= 0.3 is 0 Å². The Bertz CT molecular complexity index is 1450. The molecule has 7 heteroatoms. The Morgan fingerprint density at radius 3 is 2.43 bits per heavy atom. The maximum Gasteiger partial charge on any atom is 0.265 e. The Labute approximate surface area is 159 Å². The molecule has 1 N–H and O–H groups in total. The molecule has 3 aromatic heterocycles. The number of nitrogens with one attached hydrogen (secondary N) is 1. The molecule has 0 amide bonds. The summed E-state index contributed by atoms with van der Waals surface area (Å²) in [6, 6.07) is 11.1. The van der Waals surface area contributed by atoms with Crippen LogP contribution >= 0.6 is 0 Å². The molecule has 140 valence electrons. The number of aromatic amines is 1. The number of hydrogen-bond donors (Lipinski definition) is 1. The minimum Gasteiger partial charge on any atom is -0.497 e. The van der Waals surface area contributed by atoms with Gasteiger partial charge in [-0.3, -0.25) is 9.20 Å². The van der Waals surface area contributed by atoms with E-state index < -0.39 is 0 Å². The van der Waals surface area contributed by atoms with Crippen molar-refractivity contribution in [2.75, 3.05) is 21.3 Å². The normalized spacial score (nSPS) is 11.5. The van der Waals surface area contributed by atoms with E-state index in [9.17, 15) is 4.79 Å². The smallest absolute Gasteiger partial charge is 0.265 e. The SMILES string of the molecule is COc1ccc2[nH]c3c(ccn4c(=O)c5cc(OC)c(OC)cc5nc34)c2c1. The average molecular weight is 375 g/mol. The Balaban J connectivity index is 1.93. The van der Waals surface area contributed by atoms with E-state index in [4.69, 9.17) is 19.2 Å². The summed E-state index contributed by atoms with van der Waals surface area (Å²) in [5.74, 6) is 1.79. The Kier molecular flexibility index (Phi) is 3.45. The topological polar surface area (TPSA) is 77.9 Å². The first-order valence-corrected chi connectivity index (χ1v) is 8.71. The summed E-state index contributed by atoms with van der Waals surface area (Å²) in [5, 5.41) is 2.45. The molecule has 0 saturated heterocycles. The number of hydrogen-bond acceptors (Lipinski definition) is 5. The lowest BCUT2D eigenvalue weighted by Crippen LogP contribution is -2.15. The van der Waals surface area contributed by atoms with Crippen LogP contribution in [0.2, 0.25) is 0 Å². The molecule has 0 fully saturated rings. The largest absolute Gasteiger partial charge is 0.497 e. The van der Waals surface area contributed by atoms with E-state index in [0.29, 0.717) is 28.0 Å². The molecular formula is C21H17N3O4. The Hall–Kier alpha value is -3.74. The predicted molar refractivity (Wildman–Crippen MR) is 108 cm³/mol. The fourth-order valence-electron chi connectivity index (χ4n) is 3.66. The molecule has 0 aliphatic heterocycles. The van der Waals surface area contributed by atoms with Crippen LogP contribution in [0.1, 0.15) is 0 Å². The predicted octanol–water partition coefficient (Wildman–Crippen LogP) is 3.51. The molecule has 0 unspecified atom stereocenters. The van der Waals surface area contributed by atoms with Crippen LogP contribution in [0, 0.1) is 0 Å². The fraction of sp³-hybridized carbons (Fsp3) is 0.143. The highest BCUT2D eigenvalue weighted by Crippen LogP contribution is 2.33. The number of H-pyrrole nitrogens is 1. The molecule has 5 rings (SSSR count). The standard InChI is InChI=1S/C21H17N3O4/c1-26-11-4-5-15-13(8-11)12-6-7-24-20(19(12)22-15)23-16-10-18(28-3)17(27-2)9-14(16)21(24)25/h4-10,22H,1-3H3. The van der Waals surface area contributed by atoms with Gasteiger partial charge in [0.2, 0.25) is 0 Å². The molecule has 0 bridgehead atoms. The van der Waals surface area contributed by atoms with Crippen LogP contribution in [0.25, 0.3) is 38.4 Å². The first-order chi connectivity index (χ1) is 13.6. The maximum atomic E-state index is 13.1. The molecule has 0 radical (unpaired) electrons. The molecule has 0 saturated carbocycles. The third-order valence-electron chi connectivity index (χ3n) is 5.07. The second-order valence-electron chi connectivity index (χ2n) is 6.48. The molecule has 7 nitrogen and oxygen atoms in total. The van der Waals surface area contributed by atoms with Gasteiger partial charge in [0, 0.05) is 28.6 Å². The fourth-order valence-corrected chi connectivity index (χ4v) is 3.66. The van der Waals surface area contributed by atoms with E-state index in [1.807, 2.05) is 24.3 Å². The Morgan fingerprint density at radius 2 is 1.68 bits per heavy atom. The van der Waals surface area contributed by atoms with Crippen LogP contribution in [0.5, 0.6) is 17.2 Å². The van der Waals surface area contributed by atoms with Gasteiger partial charge in [0.05, 0.1) is 37.7 Å². The number of aromatic nitrogens is 3. The highest BCUT2D eigenvalue weighted by molar-refractivity contribution is 6.12. The van der Waals surface area contributed by atoms with Crippen LogP contribution < -0.4 is 19.8 Å². The van der Waals surface area contributed by atoms with Crippen LogP contribution in [0.15, 0.2) is 47.4 Å². The Morgan fingerprint density at radius 1 is 0.893 bits per heavy atom. The van der Waals surface area contributed by atoms with Crippen molar-refractivity contribution in [2.45, 2.75) is 0 Å². The lowest BCUT2D eigenvalue weighted by atomic mass is 10.1. The summed E-state index contributed by atoms with van der Waals surface area (Å²) in [5.41, 5.74) is 2.67. The van der Waals surface area contributed by atoms with E-state index in [1.165, 1.54) is 7.11 Å². The van der Waals surface area contributed by atoms with E-state index in [0.717, 1.165) is 27.6 Å². The number of pyridine rings is 1. The minimum atomic E-state index is -0.168. The van der Waals surface area contributed by atoms with Gasteiger partial charge in [-0.15, -0.1) is 0 Å². The van der Waals surface area contributed by atoms with Gasteiger partial charge < -0.3 is 19.2 Å². The summed E-state index contributed by atoms with van der Waals surface area (Å²) < 4.78 is 17.6. The monoisotopic (exact) mass is 375 g/mol. The molecule has 0 aliphatic rings. The number of fused-ring (bicyclic) bond motifs is 6. The van der Waals surface area contributed by atoms with Crippen molar-refractivity contribution in [1.29, 1.82) is 0 Å². The summed E-state index contributed by atoms with van der Waals surface area (Å²) >= 11 is 0. The highest BCUT2D eigenvalue weighted by Gasteiger charge is 2.15. The first kappa shape index (κ1) is 16.4. The van der Waals surface area contributed by atoms with Crippen molar-refractivity contribution in [2.24, 2.45) is 0 Å². The third kappa shape index (κ3) is 2.16. The van der Waals surface area contributed by atoms with Crippen LogP contribution in [-0.4, -0.2) is 35.7 Å². The number of ether oxygens (including phenoxy) is 3. The average Bonchev–Trinajstić information content (AvgIpc) is 3.11. The van der Waals surface area contributed by atoms with E-state index in [-0.39, 0.29) is 5.56 Å². The van der Waals surface area contributed by atoms with Crippen LogP contribution in [0.3, 0.4) is 0 Å². The minimum absolute atomic E-state index is 0.168.